The Morgan fingerprint density at radius 2 is 1.69 bits per heavy atom. The van der Waals surface area contributed by atoms with E-state index in [0.717, 1.165) is 22.5 Å². The van der Waals surface area contributed by atoms with Gasteiger partial charge in [0.25, 0.3) is 10.0 Å². The number of alkyl carbamates (subject to hydrolysis) is 1. The van der Waals surface area contributed by atoms with Crippen LogP contribution in [0.25, 0.3) is 0 Å². The molecule has 1 N–H and O–H groups in total. The topological polar surface area (TPSA) is 75.7 Å². The van der Waals surface area contributed by atoms with Gasteiger partial charge in [-0.1, -0.05) is 35.9 Å². The van der Waals surface area contributed by atoms with E-state index in [9.17, 15) is 22.0 Å². The predicted octanol–water partition coefficient (Wildman–Crippen LogP) is 6.25. The highest BCUT2D eigenvalue weighted by Crippen LogP contribution is 2.36. The van der Waals surface area contributed by atoms with Crippen molar-refractivity contribution in [1.29, 1.82) is 0 Å². The average molecular weight is 537 g/mol. The molecule has 0 fully saturated rings. The molecule has 0 aliphatic rings. The van der Waals surface area contributed by atoms with Crippen LogP contribution >= 0.6 is 11.6 Å². The summed E-state index contributed by atoms with van der Waals surface area (Å²) in [5.74, 6) is -1.68. The maximum atomic E-state index is 14.9. The van der Waals surface area contributed by atoms with Crippen molar-refractivity contribution in [3.8, 4) is 0 Å². The summed E-state index contributed by atoms with van der Waals surface area (Å²) in [7, 11) is -4.35. The van der Waals surface area contributed by atoms with Crippen LogP contribution in [0.4, 0.5) is 19.3 Å². The van der Waals surface area contributed by atoms with Crippen LogP contribution in [0.3, 0.4) is 0 Å². The second kappa shape index (κ2) is 11.7. The zero-order chi connectivity index (χ0) is 26.5. The van der Waals surface area contributed by atoms with Crippen LogP contribution in [-0.2, 0) is 21.2 Å². The highest BCUT2D eigenvalue weighted by molar-refractivity contribution is 7.92. The Bertz CT molecular complexity index is 1320. The van der Waals surface area contributed by atoms with Crippen molar-refractivity contribution in [2.24, 2.45) is 0 Å². The van der Waals surface area contributed by atoms with Crippen LogP contribution in [0.1, 0.15) is 37.9 Å². The number of nitrogens with one attached hydrogen (secondary N) is 1. The third-order valence-electron chi connectivity index (χ3n) is 5.38. The molecular weight excluding hydrogens is 510 g/mol. The van der Waals surface area contributed by atoms with Gasteiger partial charge in [0.05, 0.1) is 23.2 Å². The first kappa shape index (κ1) is 27.4. The minimum Gasteiger partial charge on any atom is -0.449 e. The van der Waals surface area contributed by atoms with Gasteiger partial charge in [0.1, 0.15) is 11.6 Å². The van der Waals surface area contributed by atoms with Gasteiger partial charge in [0.15, 0.2) is 0 Å². The number of hydrogen-bond donors (Lipinski definition) is 1. The van der Waals surface area contributed by atoms with Crippen molar-refractivity contribution in [3.63, 3.8) is 0 Å². The summed E-state index contributed by atoms with van der Waals surface area (Å²) in [5, 5.41) is 2.96. The maximum Gasteiger partial charge on any atom is 0.407 e. The molecule has 0 saturated carbocycles. The summed E-state index contributed by atoms with van der Waals surface area (Å²) >= 11 is 5.92. The van der Waals surface area contributed by atoms with E-state index in [1.807, 2.05) is 0 Å². The number of halogens is 3. The van der Waals surface area contributed by atoms with Gasteiger partial charge in [-0.3, -0.25) is 4.31 Å². The molecule has 6 nitrogen and oxygen atoms in total. The first-order valence-corrected chi connectivity index (χ1v) is 13.1. The predicted molar refractivity (Wildman–Crippen MR) is 136 cm³/mol. The first-order valence-electron chi connectivity index (χ1n) is 11.3. The van der Waals surface area contributed by atoms with Crippen LogP contribution in [0.2, 0.25) is 5.02 Å². The first-order chi connectivity index (χ1) is 17.0. The van der Waals surface area contributed by atoms with E-state index in [2.05, 4.69) is 5.32 Å². The number of carbonyl (C=O) groups excluding carboxylic acids is 1. The fourth-order valence-corrected chi connectivity index (χ4v) is 5.51. The number of nitrogens with zero attached hydrogens (tertiary/aromatic N) is 1. The summed E-state index contributed by atoms with van der Waals surface area (Å²) < 4.78 is 62.7. The molecule has 0 unspecified atom stereocenters. The van der Waals surface area contributed by atoms with E-state index in [-0.39, 0.29) is 24.0 Å². The molecule has 0 aliphatic carbocycles. The van der Waals surface area contributed by atoms with E-state index >= 15 is 0 Å². The van der Waals surface area contributed by atoms with Crippen LogP contribution < -0.4 is 9.62 Å². The molecule has 192 valence electrons. The lowest BCUT2D eigenvalue weighted by Gasteiger charge is -2.32. The summed E-state index contributed by atoms with van der Waals surface area (Å²) in [4.78, 5) is 11.7. The zero-order valence-corrected chi connectivity index (χ0v) is 21.6. The van der Waals surface area contributed by atoms with Gasteiger partial charge in [-0.2, -0.15) is 0 Å². The zero-order valence-electron chi connectivity index (χ0n) is 20.0. The SMILES string of the molecule is CC(C)NC(=O)OCCc1ccccc1[C@@H](C)N(c1cc(F)ccc1F)S(=O)(=O)c1ccc(Cl)cc1. The van der Waals surface area contributed by atoms with Gasteiger partial charge in [0, 0.05) is 23.6 Å². The molecule has 0 aliphatic heterocycles. The summed E-state index contributed by atoms with van der Waals surface area (Å²) in [5.41, 5.74) is 0.807. The Morgan fingerprint density at radius 3 is 2.36 bits per heavy atom. The number of benzene rings is 3. The Hall–Kier alpha value is -3.17. The minimum absolute atomic E-state index is 0.0422. The number of carbonyl (C=O) groups is 1. The molecule has 0 spiro atoms. The largest absolute Gasteiger partial charge is 0.449 e. The fourth-order valence-electron chi connectivity index (χ4n) is 3.75. The molecule has 0 saturated heterocycles. The van der Waals surface area contributed by atoms with Crippen LogP contribution in [0, 0.1) is 11.6 Å². The van der Waals surface area contributed by atoms with Crippen molar-refractivity contribution < 1.29 is 26.7 Å². The molecule has 1 amide bonds. The number of sulfonamides is 1. The smallest absolute Gasteiger partial charge is 0.407 e. The molecule has 3 aromatic rings. The molecule has 0 aromatic heterocycles. The number of amides is 1. The van der Waals surface area contributed by atoms with Crippen LogP contribution in [0.5, 0.6) is 0 Å². The number of ether oxygens (including phenoxy) is 1. The van der Waals surface area contributed by atoms with Crippen LogP contribution in [-0.4, -0.2) is 27.2 Å². The minimum atomic E-state index is -4.35. The van der Waals surface area contributed by atoms with Crippen molar-refractivity contribution in [2.75, 3.05) is 10.9 Å². The van der Waals surface area contributed by atoms with Crippen molar-refractivity contribution in [1.82, 2.24) is 5.32 Å². The van der Waals surface area contributed by atoms with E-state index in [0.29, 0.717) is 16.1 Å². The van der Waals surface area contributed by atoms with E-state index in [1.54, 1.807) is 45.0 Å². The molecular formula is C26H27ClF2N2O4S. The van der Waals surface area contributed by atoms with E-state index < -0.39 is 39.5 Å². The molecule has 0 heterocycles. The lowest BCUT2D eigenvalue weighted by atomic mass is 9.99. The lowest BCUT2D eigenvalue weighted by Crippen LogP contribution is -2.35. The van der Waals surface area contributed by atoms with Gasteiger partial charge >= 0.3 is 6.09 Å². The van der Waals surface area contributed by atoms with Crippen molar-refractivity contribution >= 4 is 33.4 Å². The highest BCUT2D eigenvalue weighted by atomic mass is 35.5. The molecule has 10 heteroatoms. The number of hydrogen-bond acceptors (Lipinski definition) is 4. The van der Waals surface area contributed by atoms with Gasteiger partial charge in [-0.05, 0) is 68.3 Å². The molecule has 0 radical (unpaired) electrons. The van der Waals surface area contributed by atoms with Gasteiger partial charge in [0.2, 0.25) is 0 Å². The normalized spacial score (nSPS) is 12.3. The van der Waals surface area contributed by atoms with E-state index in [4.69, 9.17) is 16.3 Å². The van der Waals surface area contributed by atoms with Gasteiger partial charge < -0.3 is 10.1 Å². The summed E-state index contributed by atoms with van der Waals surface area (Å²) in [6.07, 6.45) is -0.281. The Kier molecular flexibility index (Phi) is 8.92. The van der Waals surface area contributed by atoms with Crippen molar-refractivity contribution in [2.45, 2.75) is 44.2 Å². The monoisotopic (exact) mass is 536 g/mol. The Labute approximate surface area is 214 Å². The second-order valence-electron chi connectivity index (χ2n) is 8.41. The summed E-state index contributed by atoms with van der Waals surface area (Å²) in [6.45, 7) is 5.24. The molecule has 1 atom stereocenters. The van der Waals surface area contributed by atoms with Crippen molar-refractivity contribution in [3.05, 3.63) is 94.5 Å². The van der Waals surface area contributed by atoms with Crippen LogP contribution in [0.15, 0.2) is 71.6 Å². The maximum absolute atomic E-state index is 14.9. The Morgan fingerprint density at radius 1 is 1.03 bits per heavy atom. The second-order valence-corrected chi connectivity index (χ2v) is 10.7. The lowest BCUT2D eigenvalue weighted by molar-refractivity contribution is 0.145. The summed E-state index contributed by atoms with van der Waals surface area (Å²) in [6, 6.07) is 14.0. The molecule has 3 aromatic carbocycles. The van der Waals surface area contributed by atoms with Gasteiger partial charge in [-0.15, -0.1) is 0 Å². The number of rotatable bonds is 9. The Balaban J connectivity index is 2.03. The highest BCUT2D eigenvalue weighted by Gasteiger charge is 2.33. The fraction of sp³-hybridized carbons (Fsp3) is 0.269. The number of anilines is 1. The molecule has 3 rings (SSSR count). The third-order valence-corrected chi connectivity index (χ3v) is 7.53. The standard InChI is InChI=1S/C26H27ClF2N2O4S/c1-17(2)30-26(32)35-15-14-19-6-4-5-7-23(19)18(3)31(25-16-21(28)10-13-24(25)29)36(33,34)22-11-8-20(27)9-12-22/h4-13,16-18H,14-15H2,1-3H3,(H,30,32)/t18-/m1/s1. The molecule has 36 heavy (non-hydrogen) atoms. The third kappa shape index (κ3) is 6.53. The quantitative estimate of drug-likeness (QED) is 0.350. The van der Waals surface area contributed by atoms with Gasteiger partial charge in [-0.25, -0.2) is 22.0 Å². The average Bonchev–Trinajstić information content (AvgIpc) is 2.81. The molecule has 0 bridgehead atoms. The van der Waals surface area contributed by atoms with E-state index in [1.165, 1.54) is 24.3 Å².